The van der Waals surface area contributed by atoms with E-state index in [2.05, 4.69) is 10.5 Å². The van der Waals surface area contributed by atoms with E-state index in [1.807, 2.05) is 0 Å². The number of amides is 1. The molecule has 120 valence electrons. The number of benzene rings is 1. The Morgan fingerprint density at radius 3 is 2.70 bits per heavy atom. The Morgan fingerprint density at radius 1 is 1.39 bits per heavy atom. The zero-order chi connectivity index (χ0) is 16.8. The SMILES string of the molecule is N#C/C(=N\Nc1ccc(Cl)cc1C(=O)N1CCCCC1)C(=N)N. The summed E-state index contributed by atoms with van der Waals surface area (Å²) in [7, 11) is 0. The van der Waals surface area contributed by atoms with Gasteiger partial charge in [-0.05, 0) is 37.5 Å². The molecule has 4 N–H and O–H groups in total. The molecular weight excluding hydrogens is 316 g/mol. The Kier molecular flexibility index (Phi) is 5.55. The highest BCUT2D eigenvalue weighted by Crippen LogP contribution is 2.24. The maximum Gasteiger partial charge on any atom is 0.256 e. The number of carbonyl (C=O) groups excluding carboxylic acids is 1. The normalized spacial score (nSPS) is 15.0. The number of nitrogens with two attached hydrogens (primary N) is 1. The number of piperidine rings is 1. The molecule has 23 heavy (non-hydrogen) atoms. The molecule has 0 aliphatic carbocycles. The second-order valence-electron chi connectivity index (χ2n) is 5.14. The second-order valence-corrected chi connectivity index (χ2v) is 5.58. The third-order valence-electron chi connectivity index (χ3n) is 3.50. The number of amidine groups is 1. The molecule has 7 nitrogen and oxygen atoms in total. The molecule has 0 radical (unpaired) electrons. The number of nitriles is 1. The Balaban J connectivity index is 2.28. The first-order valence-electron chi connectivity index (χ1n) is 7.20. The largest absolute Gasteiger partial charge is 0.382 e. The number of hydrogen-bond donors (Lipinski definition) is 3. The van der Waals surface area contributed by atoms with Crippen LogP contribution in [0.1, 0.15) is 29.6 Å². The van der Waals surface area contributed by atoms with Crippen molar-refractivity contribution in [3.8, 4) is 6.07 Å². The van der Waals surface area contributed by atoms with Crippen LogP contribution in [-0.4, -0.2) is 35.4 Å². The Bertz CT molecular complexity index is 688. The van der Waals surface area contributed by atoms with E-state index in [-0.39, 0.29) is 11.6 Å². The van der Waals surface area contributed by atoms with Gasteiger partial charge in [0.25, 0.3) is 5.91 Å². The minimum Gasteiger partial charge on any atom is -0.382 e. The molecule has 1 aliphatic rings. The van der Waals surface area contributed by atoms with E-state index >= 15 is 0 Å². The summed E-state index contributed by atoms with van der Waals surface area (Å²) in [6.45, 7) is 1.43. The van der Waals surface area contributed by atoms with E-state index in [0.717, 1.165) is 19.3 Å². The number of hydrazone groups is 1. The van der Waals surface area contributed by atoms with Gasteiger partial charge < -0.3 is 10.6 Å². The highest BCUT2D eigenvalue weighted by Gasteiger charge is 2.21. The van der Waals surface area contributed by atoms with Crippen LogP contribution in [0.4, 0.5) is 5.69 Å². The minimum absolute atomic E-state index is 0.133. The van der Waals surface area contributed by atoms with Crippen LogP contribution in [0.3, 0.4) is 0 Å². The summed E-state index contributed by atoms with van der Waals surface area (Å²) in [4.78, 5) is 14.4. The molecule has 0 bridgehead atoms. The van der Waals surface area contributed by atoms with Gasteiger partial charge in [0.05, 0.1) is 11.3 Å². The van der Waals surface area contributed by atoms with Gasteiger partial charge in [-0.3, -0.25) is 15.6 Å². The molecular formula is C15H17ClN6O. The Hall–Kier alpha value is -2.59. The lowest BCUT2D eigenvalue weighted by atomic mass is 10.1. The average Bonchev–Trinajstić information content (AvgIpc) is 2.56. The van der Waals surface area contributed by atoms with Crippen molar-refractivity contribution >= 4 is 34.7 Å². The topological polar surface area (TPSA) is 118 Å². The minimum atomic E-state index is -0.446. The van der Waals surface area contributed by atoms with Gasteiger partial charge in [-0.25, -0.2) is 0 Å². The third kappa shape index (κ3) is 4.20. The van der Waals surface area contributed by atoms with E-state index in [4.69, 9.17) is 28.0 Å². The number of rotatable bonds is 4. The molecule has 0 spiro atoms. The summed E-state index contributed by atoms with van der Waals surface area (Å²) in [5, 5.41) is 20.3. The molecule has 1 aromatic carbocycles. The van der Waals surface area contributed by atoms with Gasteiger partial charge in [-0.15, -0.1) is 0 Å². The van der Waals surface area contributed by atoms with Crippen molar-refractivity contribution in [2.24, 2.45) is 10.8 Å². The highest BCUT2D eigenvalue weighted by molar-refractivity contribution is 6.45. The zero-order valence-electron chi connectivity index (χ0n) is 12.5. The maximum atomic E-state index is 12.7. The van der Waals surface area contributed by atoms with Crippen molar-refractivity contribution in [2.75, 3.05) is 18.5 Å². The van der Waals surface area contributed by atoms with E-state index in [1.54, 1.807) is 29.2 Å². The molecule has 1 amide bonds. The average molecular weight is 333 g/mol. The molecule has 0 saturated carbocycles. The first-order valence-corrected chi connectivity index (χ1v) is 7.57. The number of hydrogen-bond acceptors (Lipinski definition) is 5. The van der Waals surface area contributed by atoms with Crippen molar-refractivity contribution in [3.63, 3.8) is 0 Å². The lowest BCUT2D eigenvalue weighted by molar-refractivity contribution is 0.0725. The van der Waals surface area contributed by atoms with Crippen LogP contribution in [0.2, 0.25) is 5.02 Å². The van der Waals surface area contributed by atoms with Crippen LogP contribution in [0.5, 0.6) is 0 Å². The molecule has 1 aromatic rings. The standard InChI is InChI=1S/C15H17ClN6O/c16-10-4-5-12(20-21-13(9-17)14(18)19)11(8-10)15(23)22-6-2-1-3-7-22/h4-5,8,20H,1-3,6-7H2,(H3,18,19)/b21-13+. The molecule has 0 aromatic heterocycles. The Morgan fingerprint density at radius 2 is 2.09 bits per heavy atom. The van der Waals surface area contributed by atoms with Gasteiger partial charge in [0.2, 0.25) is 5.71 Å². The molecule has 1 heterocycles. The van der Waals surface area contributed by atoms with Crippen molar-refractivity contribution in [3.05, 3.63) is 28.8 Å². The second kappa shape index (κ2) is 7.61. The first kappa shape index (κ1) is 16.8. The first-order chi connectivity index (χ1) is 11.0. The smallest absolute Gasteiger partial charge is 0.256 e. The number of likely N-dealkylation sites (tertiary alicyclic amines) is 1. The van der Waals surface area contributed by atoms with Crippen molar-refractivity contribution < 1.29 is 4.79 Å². The fraction of sp³-hybridized carbons (Fsp3) is 0.333. The predicted molar refractivity (Wildman–Crippen MR) is 89.8 cm³/mol. The number of halogens is 1. The van der Waals surface area contributed by atoms with Gasteiger partial charge in [-0.1, -0.05) is 11.6 Å². The van der Waals surface area contributed by atoms with Crippen LogP contribution in [0.15, 0.2) is 23.3 Å². The highest BCUT2D eigenvalue weighted by atomic mass is 35.5. The summed E-state index contributed by atoms with van der Waals surface area (Å²) in [5.41, 5.74) is 8.42. The van der Waals surface area contributed by atoms with Gasteiger partial charge in [0.1, 0.15) is 6.07 Å². The number of nitrogens with one attached hydrogen (secondary N) is 2. The molecule has 0 unspecified atom stereocenters. The molecule has 1 saturated heterocycles. The lowest BCUT2D eigenvalue weighted by Gasteiger charge is -2.27. The summed E-state index contributed by atoms with van der Waals surface area (Å²) < 4.78 is 0. The molecule has 1 fully saturated rings. The summed E-state index contributed by atoms with van der Waals surface area (Å²) >= 11 is 6.00. The van der Waals surface area contributed by atoms with Crippen LogP contribution in [-0.2, 0) is 0 Å². The van der Waals surface area contributed by atoms with E-state index in [0.29, 0.717) is 29.4 Å². The van der Waals surface area contributed by atoms with Gasteiger partial charge in [-0.2, -0.15) is 10.4 Å². The van der Waals surface area contributed by atoms with Crippen molar-refractivity contribution in [1.29, 1.82) is 10.7 Å². The van der Waals surface area contributed by atoms with Gasteiger partial charge in [0, 0.05) is 18.1 Å². The lowest BCUT2D eigenvalue weighted by Crippen LogP contribution is -2.36. The third-order valence-corrected chi connectivity index (χ3v) is 3.74. The van der Waals surface area contributed by atoms with Gasteiger partial charge >= 0.3 is 0 Å². The Labute approximate surface area is 139 Å². The maximum absolute atomic E-state index is 12.7. The number of carbonyl (C=O) groups is 1. The van der Waals surface area contributed by atoms with E-state index in [9.17, 15) is 4.79 Å². The number of nitrogens with zero attached hydrogens (tertiary/aromatic N) is 3. The van der Waals surface area contributed by atoms with Crippen LogP contribution in [0, 0.1) is 16.7 Å². The molecule has 8 heteroatoms. The van der Waals surface area contributed by atoms with Gasteiger partial charge in [0.15, 0.2) is 5.84 Å². The van der Waals surface area contributed by atoms with E-state index in [1.165, 1.54) is 0 Å². The number of anilines is 1. The fourth-order valence-corrected chi connectivity index (χ4v) is 2.49. The van der Waals surface area contributed by atoms with E-state index < -0.39 is 5.84 Å². The predicted octanol–water partition coefficient (Wildman–Crippen LogP) is 2.19. The van der Waals surface area contributed by atoms with Crippen LogP contribution >= 0.6 is 11.6 Å². The fourth-order valence-electron chi connectivity index (χ4n) is 2.32. The summed E-state index contributed by atoms with van der Waals surface area (Å²) in [5.74, 6) is -0.580. The van der Waals surface area contributed by atoms with Crippen LogP contribution < -0.4 is 11.2 Å². The summed E-state index contributed by atoms with van der Waals surface area (Å²) in [6, 6.07) is 6.50. The molecule has 1 aliphatic heterocycles. The quantitative estimate of drug-likeness (QED) is 0.445. The monoisotopic (exact) mass is 332 g/mol. The van der Waals surface area contributed by atoms with Crippen molar-refractivity contribution in [2.45, 2.75) is 19.3 Å². The molecule has 2 rings (SSSR count). The summed E-state index contributed by atoms with van der Waals surface area (Å²) in [6.07, 6.45) is 3.09. The zero-order valence-corrected chi connectivity index (χ0v) is 13.2. The van der Waals surface area contributed by atoms with Crippen LogP contribution in [0.25, 0.3) is 0 Å². The van der Waals surface area contributed by atoms with Crippen molar-refractivity contribution in [1.82, 2.24) is 4.90 Å². The molecule has 0 atom stereocenters.